The zero-order chi connectivity index (χ0) is 12.8. The van der Waals surface area contributed by atoms with Gasteiger partial charge in [0.05, 0.1) is 0 Å². The first-order chi connectivity index (χ1) is 8.75. The maximum atomic E-state index is 4.03. The average Bonchev–Trinajstić information content (AvgIpc) is 2.40. The van der Waals surface area contributed by atoms with Gasteiger partial charge in [-0.1, -0.05) is 26.0 Å². The number of hydrogen-bond acceptors (Lipinski definition) is 2. The van der Waals surface area contributed by atoms with Gasteiger partial charge in [-0.3, -0.25) is 4.98 Å². The molecule has 94 valence electrons. The summed E-state index contributed by atoms with van der Waals surface area (Å²) in [6.45, 7) is 4.46. The molecule has 0 saturated heterocycles. The first-order valence-corrected chi connectivity index (χ1v) is 7.36. The third-order valence-electron chi connectivity index (χ3n) is 2.96. The van der Waals surface area contributed by atoms with E-state index in [0.717, 1.165) is 12.2 Å². The van der Waals surface area contributed by atoms with Gasteiger partial charge in [-0.05, 0) is 47.7 Å². The third kappa shape index (κ3) is 3.88. The SMILES string of the molecule is CC(C)c1ccc(SCCc2ccncc2)cc1. The van der Waals surface area contributed by atoms with Crippen molar-refractivity contribution in [2.75, 3.05) is 5.75 Å². The Bertz CT molecular complexity index is 462. The van der Waals surface area contributed by atoms with Crippen LogP contribution in [0.3, 0.4) is 0 Å². The van der Waals surface area contributed by atoms with E-state index in [1.165, 1.54) is 16.0 Å². The van der Waals surface area contributed by atoms with Gasteiger partial charge in [-0.15, -0.1) is 11.8 Å². The van der Waals surface area contributed by atoms with Crippen molar-refractivity contribution in [2.24, 2.45) is 0 Å². The van der Waals surface area contributed by atoms with Crippen LogP contribution in [0.2, 0.25) is 0 Å². The van der Waals surface area contributed by atoms with Crippen LogP contribution in [-0.4, -0.2) is 10.7 Å². The van der Waals surface area contributed by atoms with Gasteiger partial charge >= 0.3 is 0 Å². The fourth-order valence-corrected chi connectivity index (χ4v) is 2.69. The number of thioether (sulfide) groups is 1. The van der Waals surface area contributed by atoms with Crippen molar-refractivity contribution in [1.82, 2.24) is 4.98 Å². The standard InChI is InChI=1S/C16H19NS/c1-13(2)15-3-5-16(6-4-15)18-12-9-14-7-10-17-11-8-14/h3-8,10-11,13H,9,12H2,1-2H3. The monoisotopic (exact) mass is 257 g/mol. The molecule has 0 aliphatic heterocycles. The molecular formula is C16H19NS. The minimum atomic E-state index is 0.612. The van der Waals surface area contributed by atoms with Gasteiger partial charge in [0, 0.05) is 23.0 Å². The highest BCUT2D eigenvalue weighted by molar-refractivity contribution is 7.99. The summed E-state index contributed by atoms with van der Waals surface area (Å²) in [7, 11) is 0. The molecule has 0 bridgehead atoms. The van der Waals surface area contributed by atoms with Crippen molar-refractivity contribution in [3.05, 3.63) is 59.9 Å². The van der Waals surface area contributed by atoms with Crippen LogP contribution in [0, 0.1) is 0 Å². The molecule has 2 aromatic rings. The summed E-state index contributed by atoms with van der Waals surface area (Å²) in [6, 6.07) is 13.1. The fraction of sp³-hybridized carbons (Fsp3) is 0.312. The van der Waals surface area contributed by atoms with Crippen molar-refractivity contribution in [1.29, 1.82) is 0 Å². The van der Waals surface area contributed by atoms with Crippen LogP contribution in [0.4, 0.5) is 0 Å². The molecule has 0 saturated carbocycles. The van der Waals surface area contributed by atoms with E-state index >= 15 is 0 Å². The minimum Gasteiger partial charge on any atom is -0.265 e. The van der Waals surface area contributed by atoms with E-state index in [1.54, 1.807) is 0 Å². The smallest absolute Gasteiger partial charge is 0.0270 e. The molecule has 1 heterocycles. The van der Waals surface area contributed by atoms with E-state index in [-0.39, 0.29) is 0 Å². The van der Waals surface area contributed by atoms with Gasteiger partial charge in [0.15, 0.2) is 0 Å². The molecule has 2 heteroatoms. The summed E-state index contributed by atoms with van der Waals surface area (Å²) in [6.07, 6.45) is 4.81. The molecule has 0 spiro atoms. The Morgan fingerprint density at radius 2 is 1.67 bits per heavy atom. The second-order valence-electron chi connectivity index (χ2n) is 4.68. The number of benzene rings is 1. The molecule has 0 radical (unpaired) electrons. The highest BCUT2D eigenvalue weighted by Gasteiger charge is 1.99. The molecule has 1 aromatic carbocycles. The summed E-state index contributed by atoms with van der Waals surface area (Å²) >= 11 is 1.92. The summed E-state index contributed by atoms with van der Waals surface area (Å²) < 4.78 is 0. The van der Waals surface area contributed by atoms with Crippen LogP contribution in [0.25, 0.3) is 0 Å². The fourth-order valence-electron chi connectivity index (χ4n) is 1.79. The van der Waals surface area contributed by atoms with Gasteiger partial charge in [-0.2, -0.15) is 0 Å². The van der Waals surface area contributed by atoms with Crippen molar-refractivity contribution in [3.8, 4) is 0 Å². The Morgan fingerprint density at radius 3 is 2.28 bits per heavy atom. The summed E-state index contributed by atoms with van der Waals surface area (Å²) in [5.74, 6) is 1.73. The topological polar surface area (TPSA) is 12.9 Å². The van der Waals surface area contributed by atoms with Crippen molar-refractivity contribution >= 4 is 11.8 Å². The van der Waals surface area contributed by atoms with Crippen molar-refractivity contribution in [2.45, 2.75) is 31.1 Å². The molecular weight excluding hydrogens is 238 g/mol. The average molecular weight is 257 g/mol. The lowest BCUT2D eigenvalue weighted by Crippen LogP contribution is -1.89. The second-order valence-corrected chi connectivity index (χ2v) is 5.85. The molecule has 18 heavy (non-hydrogen) atoms. The van der Waals surface area contributed by atoms with E-state index in [0.29, 0.717) is 5.92 Å². The number of pyridine rings is 1. The van der Waals surface area contributed by atoms with Gasteiger partial charge in [0.2, 0.25) is 0 Å². The highest BCUT2D eigenvalue weighted by atomic mass is 32.2. The molecule has 0 aliphatic rings. The van der Waals surface area contributed by atoms with E-state index in [2.05, 4.69) is 55.2 Å². The minimum absolute atomic E-state index is 0.612. The van der Waals surface area contributed by atoms with Crippen molar-refractivity contribution < 1.29 is 0 Å². The maximum absolute atomic E-state index is 4.03. The maximum Gasteiger partial charge on any atom is 0.0270 e. The van der Waals surface area contributed by atoms with Crippen LogP contribution < -0.4 is 0 Å². The first kappa shape index (κ1) is 13.2. The van der Waals surface area contributed by atoms with Gasteiger partial charge < -0.3 is 0 Å². The molecule has 0 aliphatic carbocycles. The number of aromatic nitrogens is 1. The second kappa shape index (κ2) is 6.60. The van der Waals surface area contributed by atoms with E-state index in [9.17, 15) is 0 Å². The van der Waals surface area contributed by atoms with Crippen LogP contribution in [-0.2, 0) is 6.42 Å². The molecule has 0 fully saturated rings. The lowest BCUT2D eigenvalue weighted by atomic mass is 10.0. The van der Waals surface area contributed by atoms with Crippen LogP contribution in [0.5, 0.6) is 0 Å². The van der Waals surface area contributed by atoms with Gasteiger partial charge in [0.1, 0.15) is 0 Å². The predicted octanol–water partition coefficient (Wildman–Crippen LogP) is 4.54. The number of nitrogens with zero attached hydrogens (tertiary/aromatic N) is 1. The quantitative estimate of drug-likeness (QED) is 0.729. The Morgan fingerprint density at radius 1 is 1.00 bits per heavy atom. The van der Waals surface area contributed by atoms with Crippen LogP contribution in [0.1, 0.15) is 30.9 Å². The normalized spacial score (nSPS) is 10.8. The zero-order valence-electron chi connectivity index (χ0n) is 11.0. The highest BCUT2D eigenvalue weighted by Crippen LogP contribution is 2.22. The van der Waals surface area contributed by atoms with Crippen molar-refractivity contribution in [3.63, 3.8) is 0 Å². The van der Waals surface area contributed by atoms with Crippen LogP contribution in [0.15, 0.2) is 53.7 Å². The number of aryl methyl sites for hydroxylation is 1. The number of hydrogen-bond donors (Lipinski definition) is 0. The molecule has 0 N–H and O–H groups in total. The Kier molecular flexibility index (Phi) is 4.82. The first-order valence-electron chi connectivity index (χ1n) is 6.37. The molecule has 0 amide bonds. The number of rotatable bonds is 5. The summed E-state index contributed by atoms with van der Waals surface area (Å²) in [4.78, 5) is 5.39. The zero-order valence-corrected chi connectivity index (χ0v) is 11.8. The Labute approximate surface area is 114 Å². The Hall–Kier alpha value is -1.28. The van der Waals surface area contributed by atoms with E-state index in [4.69, 9.17) is 0 Å². The molecule has 0 unspecified atom stereocenters. The summed E-state index contributed by atoms with van der Waals surface area (Å²) in [5.41, 5.74) is 2.77. The molecule has 1 aromatic heterocycles. The third-order valence-corrected chi connectivity index (χ3v) is 3.97. The predicted molar refractivity (Wildman–Crippen MR) is 79.2 cm³/mol. The Balaban J connectivity index is 1.83. The largest absolute Gasteiger partial charge is 0.265 e. The molecule has 0 atom stereocenters. The van der Waals surface area contributed by atoms with Gasteiger partial charge in [0.25, 0.3) is 0 Å². The lowest BCUT2D eigenvalue weighted by molar-refractivity contribution is 0.865. The van der Waals surface area contributed by atoms with Crippen LogP contribution >= 0.6 is 11.8 Å². The van der Waals surface area contributed by atoms with E-state index in [1.807, 2.05) is 24.2 Å². The molecule has 2 rings (SSSR count). The summed E-state index contributed by atoms with van der Waals surface area (Å²) in [5, 5.41) is 0. The lowest BCUT2D eigenvalue weighted by Gasteiger charge is -2.06. The molecule has 1 nitrogen and oxygen atoms in total. The van der Waals surface area contributed by atoms with Gasteiger partial charge in [-0.25, -0.2) is 0 Å². The van der Waals surface area contributed by atoms with E-state index < -0.39 is 0 Å².